The van der Waals surface area contributed by atoms with Crippen LogP contribution in [0.2, 0.25) is 0 Å². The normalized spacial score (nSPS) is 21.5. The third kappa shape index (κ3) is 2.09. The number of aryl methyl sites for hydroxylation is 1. The monoisotopic (exact) mass is 197 g/mol. The molecule has 2 rings (SSSR count). The van der Waals surface area contributed by atoms with E-state index in [1.165, 1.54) is 12.8 Å². The lowest BCUT2D eigenvalue weighted by molar-refractivity contribution is 0.0364. The molecule has 2 nitrogen and oxygen atoms in total. The topological polar surface area (TPSA) is 33.1 Å². The number of thiazole rings is 1. The predicted octanol–water partition coefficient (Wildman–Crippen LogP) is 2.16. The second-order valence-corrected chi connectivity index (χ2v) is 5.23. The summed E-state index contributed by atoms with van der Waals surface area (Å²) in [6.45, 7) is 3.93. The molecule has 3 heteroatoms. The van der Waals surface area contributed by atoms with Crippen molar-refractivity contribution in [1.82, 2.24) is 4.98 Å². The van der Waals surface area contributed by atoms with Crippen LogP contribution in [-0.4, -0.2) is 15.7 Å². The fourth-order valence-electron chi connectivity index (χ4n) is 1.71. The van der Waals surface area contributed by atoms with Gasteiger partial charge in [0.1, 0.15) is 0 Å². The molecular weight excluding hydrogens is 182 g/mol. The summed E-state index contributed by atoms with van der Waals surface area (Å²) in [7, 11) is 0. The van der Waals surface area contributed by atoms with Crippen LogP contribution in [0.3, 0.4) is 0 Å². The van der Waals surface area contributed by atoms with Gasteiger partial charge in [0.25, 0.3) is 0 Å². The molecule has 1 unspecified atom stereocenters. The van der Waals surface area contributed by atoms with E-state index in [-0.39, 0.29) is 0 Å². The van der Waals surface area contributed by atoms with Gasteiger partial charge in [-0.25, -0.2) is 4.98 Å². The molecule has 1 aromatic rings. The van der Waals surface area contributed by atoms with E-state index in [0.29, 0.717) is 12.3 Å². The summed E-state index contributed by atoms with van der Waals surface area (Å²) in [5.74, 6) is 0.509. The van der Waals surface area contributed by atoms with Crippen LogP contribution in [0.4, 0.5) is 0 Å². The molecule has 0 spiro atoms. The van der Waals surface area contributed by atoms with Gasteiger partial charge in [0.05, 0.1) is 16.3 Å². The summed E-state index contributed by atoms with van der Waals surface area (Å²) >= 11 is 1.65. The van der Waals surface area contributed by atoms with Crippen LogP contribution in [0, 0.1) is 12.8 Å². The summed E-state index contributed by atoms with van der Waals surface area (Å²) in [6.07, 6.45) is 3.06. The first-order chi connectivity index (χ1) is 6.08. The summed E-state index contributed by atoms with van der Waals surface area (Å²) in [5.41, 5.74) is 0.514. The largest absolute Gasteiger partial charge is 0.389 e. The predicted molar refractivity (Wildman–Crippen MR) is 53.9 cm³/mol. The van der Waals surface area contributed by atoms with Crippen LogP contribution in [0.1, 0.15) is 30.5 Å². The highest BCUT2D eigenvalue weighted by Gasteiger charge is 2.40. The molecule has 1 saturated carbocycles. The van der Waals surface area contributed by atoms with Crippen LogP contribution in [0.25, 0.3) is 0 Å². The molecule has 0 aromatic carbocycles. The minimum Gasteiger partial charge on any atom is -0.389 e. The van der Waals surface area contributed by atoms with Gasteiger partial charge in [0.2, 0.25) is 0 Å². The van der Waals surface area contributed by atoms with E-state index in [9.17, 15) is 5.11 Å². The summed E-state index contributed by atoms with van der Waals surface area (Å²) in [4.78, 5) is 4.36. The fraction of sp³-hybridized carbons (Fsp3) is 0.700. The third-order valence-corrected chi connectivity index (χ3v) is 3.48. The number of hydrogen-bond acceptors (Lipinski definition) is 3. The molecule has 0 saturated heterocycles. The molecule has 0 radical (unpaired) electrons. The van der Waals surface area contributed by atoms with Crippen molar-refractivity contribution in [3.05, 3.63) is 16.1 Å². The minimum absolute atomic E-state index is 0.509. The highest BCUT2D eigenvalue weighted by Crippen LogP contribution is 2.41. The Kier molecular flexibility index (Phi) is 2.16. The van der Waals surface area contributed by atoms with Crippen LogP contribution in [0.15, 0.2) is 5.38 Å². The Labute approximate surface area is 82.6 Å². The molecule has 1 aliphatic rings. The van der Waals surface area contributed by atoms with Crippen molar-refractivity contribution in [3.8, 4) is 0 Å². The van der Waals surface area contributed by atoms with Gasteiger partial charge in [0.15, 0.2) is 0 Å². The Hall–Kier alpha value is -0.410. The van der Waals surface area contributed by atoms with Gasteiger partial charge in [-0.05, 0) is 32.6 Å². The molecular formula is C10H15NOS. The molecule has 1 heterocycles. The Bertz CT molecular complexity index is 302. The molecule has 0 amide bonds. The highest BCUT2D eigenvalue weighted by atomic mass is 32.1. The molecule has 1 atom stereocenters. The van der Waals surface area contributed by atoms with Crippen molar-refractivity contribution in [2.24, 2.45) is 5.92 Å². The van der Waals surface area contributed by atoms with Crippen LogP contribution >= 0.6 is 11.3 Å². The van der Waals surface area contributed by atoms with Gasteiger partial charge in [-0.2, -0.15) is 0 Å². The second kappa shape index (κ2) is 3.07. The zero-order valence-electron chi connectivity index (χ0n) is 8.08. The smallest absolute Gasteiger partial charge is 0.0897 e. The number of rotatable bonds is 3. The lowest BCUT2D eigenvalue weighted by Gasteiger charge is -2.21. The van der Waals surface area contributed by atoms with Crippen LogP contribution < -0.4 is 0 Å². The van der Waals surface area contributed by atoms with Crippen LogP contribution in [0.5, 0.6) is 0 Å². The zero-order valence-corrected chi connectivity index (χ0v) is 8.90. The Morgan fingerprint density at radius 1 is 1.69 bits per heavy atom. The number of aromatic nitrogens is 1. The van der Waals surface area contributed by atoms with Crippen molar-refractivity contribution in [2.75, 3.05) is 0 Å². The van der Waals surface area contributed by atoms with E-state index < -0.39 is 5.60 Å². The molecule has 13 heavy (non-hydrogen) atoms. The van der Waals surface area contributed by atoms with E-state index in [0.717, 1.165) is 10.7 Å². The van der Waals surface area contributed by atoms with Crippen LogP contribution in [-0.2, 0) is 6.42 Å². The number of aliphatic hydroxyl groups is 1. The van der Waals surface area contributed by atoms with E-state index in [2.05, 4.69) is 4.98 Å². The van der Waals surface area contributed by atoms with E-state index in [4.69, 9.17) is 0 Å². The van der Waals surface area contributed by atoms with E-state index in [1.807, 2.05) is 19.2 Å². The Morgan fingerprint density at radius 2 is 2.38 bits per heavy atom. The summed E-state index contributed by atoms with van der Waals surface area (Å²) < 4.78 is 0. The average molecular weight is 197 g/mol. The molecule has 0 bridgehead atoms. The zero-order chi connectivity index (χ0) is 9.47. The maximum absolute atomic E-state index is 10.1. The lowest BCUT2D eigenvalue weighted by Crippen LogP contribution is -2.29. The molecule has 1 fully saturated rings. The van der Waals surface area contributed by atoms with Gasteiger partial charge >= 0.3 is 0 Å². The summed E-state index contributed by atoms with van der Waals surface area (Å²) in [5, 5.41) is 13.2. The van der Waals surface area contributed by atoms with Crippen molar-refractivity contribution in [3.63, 3.8) is 0 Å². The SMILES string of the molecule is Cc1nc(CC(C)(O)C2CC2)cs1. The number of hydrogen-bond donors (Lipinski definition) is 1. The third-order valence-electron chi connectivity index (χ3n) is 2.66. The minimum atomic E-state index is -0.527. The average Bonchev–Trinajstić information content (AvgIpc) is 2.78. The van der Waals surface area contributed by atoms with Crippen molar-refractivity contribution in [2.45, 2.75) is 38.7 Å². The van der Waals surface area contributed by atoms with Gasteiger partial charge in [-0.1, -0.05) is 0 Å². The lowest BCUT2D eigenvalue weighted by atomic mass is 9.95. The standard InChI is InChI=1S/C10H15NOS/c1-7-11-9(6-13-7)5-10(2,12)8-3-4-8/h6,8,12H,3-5H2,1-2H3. The fourth-order valence-corrected chi connectivity index (χ4v) is 2.32. The Morgan fingerprint density at radius 3 is 2.85 bits per heavy atom. The summed E-state index contributed by atoms with van der Waals surface area (Å²) in [6, 6.07) is 0. The molecule has 1 N–H and O–H groups in total. The van der Waals surface area contributed by atoms with E-state index >= 15 is 0 Å². The maximum Gasteiger partial charge on any atom is 0.0897 e. The van der Waals surface area contributed by atoms with Crippen molar-refractivity contribution >= 4 is 11.3 Å². The molecule has 1 aliphatic carbocycles. The van der Waals surface area contributed by atoms with Gasteiger partial charge in [0, 0.05) is 11.8 Å². The first-order valence-electron chi connectivity index (χ1n) is 4.71. The highest BCUT2D eigenvalue weighted by molar-refractivity contribution is 7.09. The first kappa shape index (κ1) is 9.16. The van der Waals surface area contributed by atoms with E-state index in [1.54, 1.807) is 11.3 Å². The maximum atomic E-state index is 10.1. The quantitative estimate of drug-likeness (QED) is 0.805. The van der Waals surface area contributed by atoms with Gasteiger partial charge < -0.3 is 5.11 Å². The molecule has 1 aromatic heterocycles. The van der Waals surface area contributed by atoms with Crippen molar-refractivity contribution < 1.29 is 5.11 Å². The molecule has 0 aliphatic heterocycles. The van der Waals surface area contributed by atoms with Gasteiger partial charge in [-0.15, -0.1) is 11.3 Å². The first-order valence-corrected chi connectivity index (χ1v) is 5.59. The van der Waals surface area contributed by atoms with Gasteiger partial charge in [-0.3, -0.25) is 0 Å². The molecule has 72 valence electrons. The Balaban J connectivity index is 2.04. The number of nitrogens with zero attached hydrogens (tertiary/aromatic N) is 1. The van der Waals surface area contributed by atoms with Crippen molar-refractivity contribution in [1.29, 1.82) is 0 Å². The second-order valence-electron chi connectivity index (χ2n) is 4.17.